The lowest BCUT2D eigenvalue weighted by Gasteiger charge is -2.32. The van der Waals surface area contributed by atoms with Crippen molar-refractivity contribution in [3.8, 4) is 0 Å². The summed E-state index contributed by atoms with van der Waals surface area (Å²) in [7, 11) is 0. The molecular formula is C23H34F6O5. The maximum absolute atomic E-state index is 12.5. The van der Waals surface area contributed by atoms with Crippen LogP contribution >= 0.6 is 0 Å². The Morgan fingerprint density at radius 3 is 1.97 bits per heavy atom. The van der Waals surface area contributed by atoms with Crippen LogP contribution in [0.3, 0.4) is 0 Å². The molecule has 0 aromatic rings. The first-order valence-electron chi connectivity index (χ1n) is 11.5. The van der Waals surface area contributed by atoms with E-state index < -0.39 is 36.8 Å². The van der Waals surface area contributed by atoms with Crippen molar-refractivity contribution in [3.05, 3.63) is 12.2 Å². The molecule has 0 heterocycles. The van der Waals surface area contributed by atoms with Gasteiger partial charge in [-0.1, -0.05) is 25.8 Å². The topological polar surface area (TPSA) is 83.8 Å². The molecule has 0 spiro atoms. The third kappa shape index (κ3) is 9.11. The number of aliphatic hydroxyl groups is 1. The number of rotatable bonds is 11. The fourth-order valence-electron chi connectivity index (χ4n) is 4.57. The Kier molecular flexibility index (Phi) is 11.4. The van der Waals surface area contributed by atoms with Crippen LogP contribution in [0.2, 0.25) is 0 Å². The van der Waals surface area contributed by atoms with Crippen LogP contribution in [0, 0.1) is 17.8 Å². The minimum Gasteiger partial charge on any atom is -0.478 e. The Morgan fingerprint density at radius 1 is 0.971 bits per heavy atom. The van der Waals surface area contributed by atoms with Gasteiger partial charge >= 0.3 is 24.3 Å². The first-order chi connectivity index (χ1) is 15.6. The number of carboxylic acids is 1. The summed E-state index contributed by atoms with van der Waals surface area (Å²) in [5.74, 6) is 0.928. The summed E-state index contributed by atoms with van der Waals surface area (Å²) >= 11 is 0. The van der Waals surface area contributed by atoms with Crippen molar-refractivity contribution in [2.24, 2.45) is 17.8 Å². The Hall–Kier alpha value is -1.78. The average molecular weight is 505 g/mol. The van der Waals surface area contributed by atoms with E-state index in [1.54, 1.807) is 0 Å². The maximum Gasteiger partial charge on any atom is 0.426 e. The van der Waals surface area contributed by atoms with Gasteiger partial charge in [0.1, 0.15) is 0 Å². The van der Waals surface area contributed by atoms with E-state index >= 15 is 0 Å². The number of esters is 1. The maximum atomic E-state index is 12.5. The molecular weight excluding hydrogens is 470 g/mol. The molecule has 2 fully saturated rings. The highest BCUT2D eigenvalue weighted by Gasteiger charge is 2.69. The molecule has 0 saturated heterocycles. The highest BCUT2D eigenvalue weighted by atomic mass is 19.4. The lowest BCUT2D eigenvalue weighted by molar-refractivity contribution is -0.370. The minimum absolute atomic E-state index is 0.0805. The monoisotopic (exact) mass is 504 g/mol. The van der Waals surface area contributed by atoms with Gasteiger partial charge in [0.05, 0.1) is 6.61 Å². The van der Waals surface area contributed by atoms with Gasteiger partial charge in [0, 0.05) is 12.0 Å². The number of fused-ring (bicyclic) bond motifs is 2. The Bertz CT molecular complexity index is 662. The van der Waals surface area contributed by atoms with Gasteiger partial charge in [0.25, 0.3) is 5.60 Å². The minimum atomic E-state index is -5.76. The molecule has 0 amide bonds. The zero-order valence-corrected chi connectivity index (χ0v) is 19.3. The number of hydrogen-bond acceptors (Lipinski definition) is 4. The first kappa shape index (κ1) is 30.3. The van der Waals surface area contributed by atoms with Gasteiger partial charge in [0.2, 0.25) is 0 Å². The molecule has 11 heteroatoms. The first-order valence-corrected chi connectivity index (χ1v) is 11.5. The second kappa shape index (κ2) is 12.8. The van der Waals surface area contributed by atoms with Crippen molar-refractivity contribution in [2.45, 2.75) is 95.5 Å². The quantitative estimate of drug-likeness (QED) is 0.152. The number of ether oxygens (including phenoxy) is 1. The summed E-state index contributed by atoms with van der Waals surface area (Å²) in [6, 6.07) is 0. The molecule has 34 heavy (non-hydrogen) atoms. The Balaban J connectivity index is 0.000000852. The van der Waals surface area contributed by atoms with E-state index in [-0.39, 0.29) is 24.6 Å². The van der Waals surface area contributed by atoms with Crippen molar-refractivity contribution < 1.29 is 50.9 Å². The van der Waals surface area contributed by atoms with Crippen molar-refractivity contribution in [2.75, 3.05) is 6.61 Å². The van der Waals surface area contributed by atoms with Gasteiger partial charge in [-0.05, 0) is 69.6 Å². The van der Waals surface area contributed by atoms with E-state index in [1.807, 2.05) is 0 Å². The van der Waals surface area contributed by atoms with Gasteiger partial charge in [-0.2, -0.15) is 26.3 Å². The Labute approximate surface area is 195 Å². The molecule has 3 atom stereocenters. The second-order valence-corrected chi connectivity index (χ2v) is 9.30. The highest BCUT2D eigenvalue weighted by molar-refractivity contribution is 5.84. The highest BCUT2D eigenvalue weighted by Crippen LogP contribution is 2.50. The summed E-state index contributed by atoms with van der Waals surface area (Å²) < 4.78 is 80.2. The molecule has 198 valence electrons. The Morgan fingerprint density at radius 2 is 1.53 bits per heavy atom. The van der Waals surface area contributed by atoms with Crippen LogP contribution in [0.5, 0.6) is 0 Å². The van der Waals surface area contributed by atoms with Crippen LogP contribution in [-0.2, 0) is 14.3 Å². The van der Waals surface area contributed by atoms with Crippen LogP contribution < -0.4 is 0 Å². The van der Waals surface area contributed by atoms with E-state index in [0.717, 1.165) is 18.3 Å². The van der Waals surface area contributed by atoms with E-state index in [1.165, 1.54) is 32.6 Å². The molecule has 0 aromatic carbocycles. The van der Waals surface area contributed by atoms with Crippen LogP contribution in [-0.4, -0.2) is 46.7 Å². The number of unbranched alkanes of at least 4 members (excludes halogenated alkanes) is 3. The number of aliphatic carboxylic acids is 1. The largest absolute Gasteiger partial charge is 0.478 e. The molecule has 2 aliphatic carbocycles. The molecule has 2 bridgehead atoms. The van der Waals surface area contributed by atoms with Crippen molar-refractivity contribution in [3.63, 3.8) is 0 Å². The molecule has 0 aliphatic heterocycles. The molecule has 2 aliphatic rings. The summed E-state index contributed by atoms with van der Waals surface area (Å²) in [4.78, 5) is 21.3. The SMILES string of the molecule is C=C(C)C(=O)O.O=C(CCC1CC2CCC1C2)OCCCCCCC(O)(C(F)(F)F)C(F)(F)F. The molecule has 2 saturated carbocycles. The van der Waals surface area contributed by atoms with Crippen molar-refractivity contribution in [1.82, 2.24) is 0 Å². The van der Waals surface area contributed by atoms with Crippen LogP contribution in [0.25, 0.3) is 0 Å². The van der Waals surface area contributed by atoms with Gasteiger partial charge in [-0.15, -0.1) is 0 Å². The van der Waals surface area contributed by atoms with E-state index in [2.05, 4.69) is 6.58 Å². The lowest BCUT2D eigenvalue weighted by Crippen LogP contribution is -2.56. The number of carbonyl (C=O) groups excluding carboxylic acids is 1. The fourth-order valence-corrected chi connectivity index (χ4v) is 4.57. The zero-order chi connectivity index (χ0) is 26.2. The summed E-state index contributed by atoms with van der Waals surface area (Å²) in [5.41, 5.74) is -4.50. The van der Waals surface area contributed by atoms with Crippen LogP contribution in [0.15, 0.2) is 12.2 Å². The molecule has 2 rings (SSSR count). The normalized spacial score (nSPS) is 22.2. The van der Waals surface area contributed by atoms with Gasteiger partial charge in [-0.3, -0.25) is 4.79 Å². The predicted octanol–water partition coefficient (Wildman–Crippen LogP) is 6.20. The molecule has 5 nitrogen and oxygen atoms in total. The summed E-state index contributed by atoms with van der Waals surface area (Å²) in [6.45, 7) is 4.71. The second-order valence-electron chi connectivity index (χ2n) is 9.30. The number of halogens is 6. The van der Waals surface area contributed by atoms with Gasteiger partial charge in [-0.25, -0.2) is 4.79 Å². The molecule has 3 unspecified atom stereocenters. The average Bonchev–Trinajstić information content (AvgIpc) is 3.33. The summed E-state index contributed by atoms with van der Waals surface area (Å²) in [5, 5.41) is 16.9. The van der Waals surface area contributed by atoms with Gasteiger partial charge in [0.15, 0.2) is 0 Å². The predicted molar refractivity (Wildman–Crippen MR) is 112 cm³/mol. The van der Waals surface area contributed by atoms with Crippen LogP contribution in [0.4, 0.5) is 26.3 Å². The smallest absolute Gasteiger partial charge is 0.426 e. The summed E-state index contributed by atoms with van der Waals surface area (Å²) in [6.07, 6.45) is -6.39. The van der Waals surface area contributed by atoms with E-state index in [0.29, 0.717) is 25.2 Å². The molecule has 0 radical (unpaired) electrons. The zero-order valence-electron chi connectivity index (χ0n) is 19.3. The van der Waals surface area contributed by atoms with Crippen molar-refractivity contribution >= 4 is 11.9 Å². The number of carbonyl (C=O) groups is 2. The van der Waals surface area contributed by atoms with E-state index in [4.69, 9.17) is 14.9 Å². The number of carboxylic acid groups (broad SMARTS) is 1. The molecule has 0 aromatic heterocycles. The van der Waals surface area contributed by atoms with Crippen LogP contribution in [0.1, 0.15) is 77.6 Å². The number of hydrogen-bond donors (Lipinski definition) is 2. The van der Waals surface area contributed by atoms with E-state index in [9.17, 15) is 35.9 Å². The third-order valence-corrected chi connectivity index (χ3v) is 6.60. The third-order valence-electron chi connectivity index (χ3n) is 6.60. The molecule has 2 N–H and O–H groups in total. The number of alkyl halides is 6. The fraction of sp³-hybridized carbons (Fsp3) is 0.826. The lowest BCUT2D eigenvalue weighted by atomic mass is 9.85. The standard InChI is InChI=1S/C19H28F6O3.C4H6O2/c20-18(21,22)17(27,19(23,24)25)9-3-1-2-4-10-28-16(26)8-7-15-12-13-5-6-14(15)11-13;1-3(2)4(5)6/h13-15,27H,1-12H2;1H2,2H3,(H,5,6). The van der Waals surface area contributed by atoms with Gasteiger partial charge < -0.3 is 14.9 Å². The van der Waals surface area contributed by atoms with Crippen molar-refractivity contribution in [1.29, 1.82) is 0 Å².